The quantitative estimate of drug-likeness (QED) is 0.200. The molecule has 0 saturated carbocycles. The van der Waals surface area contributed by atoms with Gasteiger partial charge in [0.05, 0.1) is 21.8 Å². The van der Waals surface area contributed by atoms with Crippen molar-refractivity contribution in [3.63, 3.8) is 0 Å². The highest BCUT2D eigenvalue weighted by atomic mass is 35.5. The highest BCUT2D eigenvalue weighted by molar-refractivity contribution is 7.17. The molecular weight excluding hydrogens is 587 g/mol. The molecule has 0 radical (unpaired) electrons. The summed E-state index contributed by atoms with van der Waals surface area (Å²) < 4.78 is 14.1. The Morgan fingerprint density at radius 1 is 0.907 bits per heavy atom. The average molecular weight is 611 g/mol. The SMILES string of the molecule is Cc1ccc(C(=O)Nc2ccc(C(=O)N3CCc4cc(C(=O)Nc5ccccc5F)sc4-c4ccccc43)cc2)c(Cl)n1. The largest absolute Gasteiger partial charge is 0.322 e. The second kappa shape index (κ2) is 11.8. The molecule has 0 saturated heterocycles. The number of fused-ring (bicyclic) bond motifs is 3. The van der Waals surface area contributed by atoms with E-state index < -0.39 is 11.7 Å². The molecule has 6 rings (SSSR count). The molecule has 214 valence electrons. The minimum absolute atomic E-state index is 0.120. The maximum absolute atomic E-state index is 14.1. The number of nitrogens with one attached hydrogen (secondary N) is 2. The number of hydrogen-bond donors (Lipinski definition) is 2. The molecule has 43 heavy (non-hydrogen) atoms. The topological polar surface area (TPSA) is 91.4 Å². The lowest BCUT2D eigenvalue weighted by atomic mass is 10.1. The first-order valence-corrected chi connectivity index (χ1v) is 14.6. The summed E-state index contributed by atoms with van der Waals surface area (Å²) in [5.74, 6) is -1.48. The van der Waals surface area contributed by atoms with E-state index in [0.717, 1.165) is 21.7 Å². The average Bonchev–Trinajstić information content (AvgIpc) is 3.36. The Balaban J connectivity index is 1.21. The van der Waals surface area contributed by atoms with Crippen LogP contribution in [0.4, 0.5) is 21.5 Å². The Morgan fingerprint density at radius 3 is 2.42 bits per heavy atom. The molecular formula is C33H24ClFN4O3S. The van der Waals surface area contributed by atoms with Crippen LogP contribution < -0.4 is 15.5 Å². The monoisotopic (exact) mass is 610 g/mol. The number of hydrogen-bond acceptors (Lipinski definition) is 5. The lowest BCUT2D eigenvalue weighted by Crippen LogP contribution is -2.32. The van der Waals surface area contributed by atoms with E-state index in [1.54, 1.807) is 60.4 Å². The molecule has 2 aromatic heterocycles. The van der Waals surface area contributed by atoms with Gasteiger partial charge in [0.25, 0.3) is 17.7 Å². The number of anilines is 3. The van der Waals surface area contributed by atoms with Crippen molar-refractivity contribution in [1.82, 2.24) is 4.98 Å². The number of halogens is 2. The summed E-state index contributed by atoms with van der Waals surface area (Å²) in [6.45, 7) is 2.18. The van der Waals surface area contributed by atoms with Gasteiger partial charge in [-0.15, -0.1) is 11.3 Å². The maximum Gasteiger partial charge on any atom is 0.265 e. The number of thiophene rings is 1. The molecule has 0 spiro atoms. The van der Waals surface area contributed by atoms with Crippen molar-refractivity contribution in [3.8, 4) is 10.4 Å². The maximum atomic E-state index is 14.1. The second-order valence-corrected chi connectivity index (χ2v) is 11.4. The summed E-state index contributed by atoms with van der Waals surface area (Å²) in [6, 6.07) is 25.4. The summed E-state index contributed by atoms with van der Waals surface area (Å²) in [7, 11) is 0. The molecule has 10 heteroatoms. The van der Waals surface area contributed by atoms with E-state index in [1.807, 2.05) is 30.3 Å². The molecule has 0 aliphatic carbocycles. The molecule has 7 nitrogen and oxygen atoms in total. The summed E-state index contributed by atoms with van der Waals surface area (Å²) in [6.07, 6.45) is 0.527. The number of amides is 3. The first-order chi connectivity index (χ1) is 20.8. The third-order valence-corrected chi connectivity index (χ3v) is 8.56. The number of aryl methyl sites for hydroxylation is 1. The van der Waals surface area contributed by atoms with Crippen LogP contribution in [0.3, 0.4) is 0 Å². The zero-order valence-corrected chi connectivity index (χ0v) is 24.4. The third kappa shape index (κ3) is 5.77. The fourth-order valence-electron chi connectivity index (χ4n) is 4.91. The lowest BCUT2D eigenvalue weighted by Gasteiger charge is -2.23. The van der Waals surface area contributed by atoms with E-state index in [9.17, 15) is 18.8 Å². The third-order valence-electron chi connectivity index (χ3n) is 7.07. The van der Waals surface area contributed by atoms with Crippen molar-refractivity contribution in [2.24, 2.45) is 0 Å². The second-order valence-electron chi connectivity index (χ2n) is 9.95. The van der Waals surface area contributed by atoms with Gasteiger partial charge in [0.2, 0.25) is 0 Å². The van der Waals surface area contributed by atoms with Crippen LogP contribution in [0.25, 0.3) is 10.4 Å². The van der Waals surface area contributed by atoms with Crippen LogP contribution in [0.5, 0.6) is 0 Å². The van der Waals surface area contributed by atoms with Crippen molar-refractivity contribution in [2.45, 2.75) is 13.3 Å². The Hall–Kier alpha value is -4.86. The molecule has 0 atom stereocenters. The van der Waals surface area contributed by atoms with Crippen molar-refractivity contribution >= 4 is 57.7 Å². The van der Waals surface area contributed by atoms with E-state index >= 15 is 0 Å². The molecule has 3 heterocycles. The van der Waals surface area contributed by atoms with E-state index in [2.05, 4.69) is 15.6 Å². The van der Waals surface area contributed by atoms with Gasteiger partial charge in [0.15, 0.2) is 0 Å². The van der Waals surface area contributed by atoms with Crippen LogP contribution >= 0.6 is 22.9 Å². The molecule has 5 aromatic rings. The molecule has 0 fully saturated rings. The molecule has 3 amide bonds. The molecule has 0 bridgehead atoms. The predicted molar refractivity (Wildman–Crippen MR) is 168 cm³/mol. The minimum Gasteiger partial charge on any atom is -0.322 e. The summed E-state index contributed by atoms with van der Waals surface area (Å²) in [4.78, 5) is 46.6. The Bertz CT molecular complexity index is 1890. The molecule has 2 N–H and O–H groups in total. The normalized spacial score (nSPS) is 12.1. The fraction of sp³-hybridized carbons (Fsp3) is 0.0909. The number of carbonyl (C=O) groups excluding carboxylic acids is 3. The van der Waals surface area contributed by atoms with Gasteiger partial charge in [-0.05, 0) is 79.6 Å². The van der Waals surface area contributed by atoms with Gasteiger partial charge in [-0.25, -0.2) is 9.37 Å². The highest BCUT2D eigenvalue weighted by Gasteiger charge is 2.28. The van der Waals surface area contributed by atoms with E-state index in [-0.39, 0.29) is 28.2 Å². The van der Waals surface area contributed by atoms with Crippen molar-refractivity contribution in [1.29, 1.82) is 0 Å². The number of benzene rings is 3. The number of aromatic nitrogens is 1. The Morgan fingerprint density at radius 2 is 1.65 bits per heavy atom. The lowest BCUT2D eigenvalue weighted by molar-refractivity contribution is 0.0985. The van der Waals surface area contributed by atoms with E-state index in [4.69, 9.17) is 11.6 Å². The van der Waals surface area contributed by atoms with Crippen LogP contribution in [0.15, 0.2) is 91.0 Å². The molecule has 1 aliphatic heterocycles. The number of carbonyl (C=O) groups is 3. The zero-order chi connectivity index (χ0) is 30.1. The van der Waals surface area contributed by atoms with Crippen LogP contribution in [-0.4, -0.2) is 29.3 Å². The van der Waals surface area contributed by atoms with Gasteiger partial charge in [0, 0.05) is 33.9 Å². The van der Waals surface area contributed by atoms with Gasteiger partial charge in [-0.1, -0.05) is 41.9 Å². The van der Waals surface area contributed by atoms with Gasteiger partial charge >= 0.3 is 0 Å². The first kappa shape index (κ1) is 28.3. The van der Waals surface area contributed by atoms with Crippen LogP contribution in [0.2, 0.25) is 5.15 Å². The van der Waals surface area contributed by atoms with Crippen molar-refractivity contribution < 1.29 is 18.8 Å². The van der Waals surface area contributed by atoms with Crippen molar-refractivity contribution in [2.75, 3.05) is 22.1 Å². The molecule has 3 aromatic carbocycles. The number of nitrogens with zero attached hydrogens (tertiary/aromatic N) is 2. The molecule has 1 aliphatic rings. The minimum atomic E-state index is -0.503. The number of rotatable bonds is 5. The van der Waals surface area contributed by atoms with Crippen LogP contribution in [0.1, 0.15) is 41.6 Å². The smallest absolute Gasteiger partial charge is 0.265 e. The zero-order valence-electron chi connectivity index (χ0n) is 22.9. The predicted octanol–water partition coefficient (Wildman–Crippen LogP) is 7.62. The highest BCUT2D eigenvalue weighted by Crippen LogP contribution is 2.42. The fourth-order valence-corrected chi connectivity index (χ4v) is 6.33. The van der Waals surface area contributed by atoms with Crippen LogP contribution in [-0.2, 0) is 6.42 Å². The van der Waals surface area contributed by atoms with E-state index in [0.29, 0.717) is 34.8 Å². The summed E-state index contributed by atoms with van der Waals surface area (Å²) in [5.41, 5.74) is 4.56. The van der Waals surface area contributed by atoms with Gasteiger partial charge in [-0.2, -0.15) is 0 Å². The Labute approximate surface area is 256 Å². The van der Waals surface area contributed by atoms with E-state index in [1.165, 1.54) is 23.5 Å². The molecule has 0 unspecified atom stereocenters. The first-order valence-electron chi connectivity index (χ1n) is 13.4. The summed E-state index contributed by atoms with van der Waals surface area (Å²) >= 11 is 7.45. The van der Waals surface area contributed by atoms with Gasteiger partial charge < -0.3 is 15.5 Å². The van der Waals surface area contributed by atoms with Crippen LogP contribution in [0, 0.1) is 12.7 Å². The summed E-state index contributed by atoms with van der Waals surface area (Å²) in [5, 5.41) is 5.56. The van der Waals surface area contributed by atoms with Gasteiger partial charge in [0.1, 0.15) is 11.0 Å². The standard InChI is InChI=1S/C33H24ClFN4O3S/c1-19-10-15-24(30(34)36-19)31(40)37-22-13-11-20(12-14-22)33(42)39-17-16-21-18-28(32(41)38-26-8-4-3-7-25(26)35)43-29(21)23-6-2-5-9-27(23)39/h2-15,18H,16-17H2,1H3,(H,37,40)(H,38,41). The number of pyridine rings is 1. The van der Waals surface area contributed by atoms with Crippen molar-refractivity contribution in [3.05, 3.63) is 129 Å². The van der Waals surface area contributed by atoms with Gasteiger partial charge in [-0.3, -0.25) is 14.4 Å². The number of para-hydroxylation sites is 2. The Kier molecular flexibility index (Phi) is 7.75.